The number of hydrogen-bond acceptors (Lipinski definition) is 2. The molecule has 1 aromatic carbocycles. The van der Waals surface area contributed by atoms with E-state index in [-0.39, 0.29) is 17.4 Å². The molecule has 0 radical (unpaired) electrons. The first-order chi connectivity index (χ1) is 8.50. The minimum atomic E-state index is -2.49. The molecule has 0 spiro atoms. The zero-order valence-corrected chi connectivity index (χ0v) is 10.2. The van der Waals surface area contributed by atoms with Crippen LogP contribution in [0.15, 0.2) is 24.3 Å². The first-order valence-corrected chi connectivity index (χ1v) is 5.78. The molecule has 0 saturated carbocycles. The molecule has 3 nitrogen and oxygen atoms in total. The van der Waals surface area contributed by atoms with Crippen LogP contribution in [0.25, 0.3) is 10.9 Å². The predicted molar refractivity (Wildman–Crippen MR) is 64.9 cm³/mol. The minimum Gasteiger partial charge on any atom is -0.292 e. The molecule has 0 N–H and O–H groups in total. The van der Waals surface area contributed by atoms with E-state index in [1.165, 1.54) is 4.68 Å². The summed E-state index contributed by atoms with van der Waals surface area (Å²) in [5, 5.41) is 4.67. The van der Waals surface area contributed by atoms with Gasteiger partial charge in [-0.1, -0.05) is 32.0 Å². The highest BCUT2D eigenvalue weighted by atomic mass is 19.3. The number of ketones is 1. The Labute approximate surface area is 103 Å². The number of rotatable bonds is 4. The van der Waals surface area contributed by atoms with E-state index in [1.54, 1.807) is 38.1 Å². The normalized spacial score (nSPS) is 11.7. The number of nitrogens with zero attached hydrogens (tertiary/aromatic N) is 2. The van der Waals surface area contributed by atoms with Crippen molar-refractivity contribution in [3.8, 4) is 0 Å². The highest BCUT2D eigenvalue weighted by molar-refractivity contribution is 6.06. The van der Waals surface area contributed by atoms with Crippen LogP contribution in [0, 0.1) is 5.92 Å². The molecular formula is C13H14F2N2O. The van der Waals surface area contributed by atoms with E-state index >= 15 is 0 Å². The first-order valence-electron chi connectivity index (χ1n) is 5.78. The van der Waals surface area contributed by atoms with Crippen LogP contribution in [-0.4, -0.2) is 22.0 Å². The zero-order chi connectivity index (χ0) is 13.3. The Bertz CT molecular complexity index is 575. The van der Waals surface area contributed by atoms with Crippen LogP contribution in [-0.2, 0) is 6.54 Å². The van der Waals surface area contributed by atoms with Crippen LogP contribution in [0.5, 0.6) is 0 Å². The molecular weight excluding hydrogens is 238 g/mol. The van der Waals surface area contributed by atoms with E-state index in [0.29, 0.717) is 10.9 Å². The average Bonchev–Trinajstić information content (AvgIpc) is 2.67. The first kappa shape index (κ1) is 12.7. The number of benzene rings is 1. The molecule has 96 valence electrons. The number of halogens is 2. The van der Waals surface area contributed by atoms with Gasteiger partial charge in [0.2, 0.25) is 0 Å². The van der Waals surface area contributed by atoms with Crippen LogP contribution in [0.1, 0.15) is 24.3 Å². The third-order valence-corrected chi connectivity index (χ3v) is 2.73. The zero-order valence-electron chi connectivity index (χ0n) is 10.2. The second-order valence-corrected chi connectivity index (χ2v) is 4.46. The third-order valence-electron chi connectivity index (χ3n) is 2.73. The van der Waals surface area contributed by atoms with E-state index in [9.17, 15) is 13.6 Å². The summed E-state index contributed by atoms with van der Waals surface area (Å²) in [6, 6.07) is 6.95. The van der Waals surface area contributed by atoms with Gasteiger partial charge in [-0.25, -0.2) is 8.78 Å². The SMILES string of the molecule is CC(C)C(=O)c1nn(CC(F)F)c2ccccc12. The number of hydrogen-bond donors (Lipinski definition) is 0. The van der Waals surface area contributed by atoms with Crippen molar-refractivity contribution in [3.63, 3.8) is 0 Å². The molecule has 0 aliphatic heterocycles. The van der Waals surface area contributed by atoms with Crippen molar-refractivity contribution < 1.29 is 13.6 Å². The highest BCUT2D eigenvalue weighted by Gasteiger charge is 2.20. The maximum Gasteiger partial charge on any atom is 0.257 e. The van der Waals surface area contributed by atoms with Crippen molar-refractivity contribution in [1.29, 1.82) is 0 Å². The molecule has 18 heavy (non-hydrogen) atoms. The molecule has 1 heterocycles. The fourth-order valence-corrected chi connectivity index (χ4v) is 1.85. The number of carbonyl (C=O) groups excluding carboxylic acids is 1. The predicted octanol–water partition coefficient (Wildman–Crippen LogP) is 3.14. The number of fused-ring (bicyclic) bond motifs is 1. The summed E-state index contributed by atoms with van der Waals surface area (Å²) in [7, 11) is 0. The maximum absolute atomic E-state index is 12.5. The summed E-state index contributed by atoms with van der Waals surface area (Å²) in [5.74, 6) is -0.331. The van der Waals surface area contributed by atoms with Gasteiger partial charge in [-0.15, -0.1) is 0 Å². The van der Waals surface area contributed by atoms with E-state index in [1.807, 2.05) is 0 Å². The third kappa shape index (κ3) is 2.25. The second kappa shape index (κ2) is 4.84. The summed E-state index contributed by atoms with van der Waals surface area (Å²) in [5.41, 5.74) is 0.850. The Morgan fingerprint density at radius 1 is 1.33 bits per heavy atom. The van der Waals surface area contributed by atoms with Gasteiger partial charge in [0.1, 0.15) is 12.2 Å². The standard InChI is InChI=1S/C13H14F2N2O/c1-8(2)13(18)12-9-5-3-4-6-10(9)17(16-12)7-11(14)15/h3-6,8,11H,7H2,1-2H3. The average molecular weight is 252 g/mol. The van der Waals surface area contributed by atoms with Crippen LogP contribution in [0.3, 0.4) is 0 Å². The highest BCUT2D eigenvalue weighted by Crippen LogP contribution is 2.21. The Morgan fingerprint density at radius 3 is 2.61 bits per heavy atom. The molecule has 0 bridgehead atoms. The summed E-state index contributed by atoms with van der Waals surface area (Å²) in [6.45, 7) is 3.04. The second-order valence-electron chi connectivity index (χ2n) is 4.46. The summed E-state index contributed by atoms with van der Waals surface area (Å²) in [6.07, 6.45) is -2.49. The topological polar surface area (TPSA) is 34.9 Å². The number of para-hydroxylation sites is 1. The number of aromatic nitrogens is 2. The fourth-order valence-electron chi connectivity index (χ4n) is 1.85. The quantitative estimate of drug-likeness (QED) is 0.783. The summed E-state index contributed by atoms with van der Waals surface area (Å²) < 4.78 is 26.1. The smallest absolute Gasteiger partial charge is 0.257 e. The number of carbonyl (C=O) groups is 1. The van der Waals surface area contributed by atoms with Gasteiger partial charge >= 0.3 is 0 Å². The monoisotopic (exact) mass is 252 g/mol. The van der Waals surface area contributed by atoms with Gasteiger partial charge < -0.3 is 0 Å². The molecule has 0 unspecified atom stereocenters. The van der Waals surface area contributed by atoms with Crippen molar-refractivity contribution >= 4 is 16.7 Å². The molecule has 0 aliphatic rings. The molecule has 0 aliphatic carbocycles. The van der Waals surface area contributed by atoms with Crippen molar-refractivity contribution in [1.82, 2.24) is 9.78 Å². The molecule has 0 amide bonds. The van der Waals surface area contributed by atoms with E-state index in [2.05, 4.69) is 5.10 Å². The molecule has 0 saturated heterocycles. The van der Waals surface area contributed by atoms with Gasteiger partial charge in [-0.2, -0.15) is 5.10 Å². The Morgan fingerprint density at radius 2 is 2.00 bits per heavy atom. The van der Waals surface area contributed by atoms with Gasteiger partial charge in [0.15, 0.2) is 5.78 Å². The molecule has 2 rings (SSSR count). The van der Waals surface area contributed by atoms with Crippen molar-refractivity contribution in [2.45, 2.75) is 26.8 Å². The Kier molecular flexibility index (Phi) is 3.41. The Balaban J connectivity index is 2.57. The summed E-state index contributed by atoms with van der Waals surface area (Å²) in [4.78, 5) is 12.0. The number of alkyl halides is 2. The lowest BCUT2D eigenvalue weighted by atomic mass is 10.0. The number of Topliss-reactive ketones (excluding diaryl/α,β-unsaturated/α-hetero) is 1. The van der Waals surface area contributed by atoms with Crippen molar-refractivity contribution in [2.75, 3.05) is 0 Å². The van der Waals surface area contributed by atoms with Gasteiger partial charge in [0, 0.05) is 11.3 Å². The van der Waals surface area contributed by atoms with E-state index in [4.69, 9.17) is 0 Å². The lowest BCUT2D eigenvalue weighted by Gasteiger charge is -2.01. The van der Waals surface area contributed by atoms with E-state index in [0.717, 1.165) is 0 Å². The largest absolute Gasteiger partial charge is 0.292 e. The van der Waals surface area contributed by atoms with Gasteiger partial charge in [0.05, 0.1) is 5.52 Å². The lowest BCUT2D eigenvalue weighted by molar-refractivity contribution is 0.0930. The molecule has 5 heteroatoms. The Hall–Kier alpha value is -1.78. The lowest BCUT2D eigenvalue weighted by Crippen LogP contribution is -2.12. The molecule has 2 aromatic rings. The fraction of sp³-hybridized carbons (Fsp3) is 0.385. The van der Waals surface area contributed by atoms with Gasteiger partial charge in [0.25, 0.3) is 6.43 Å². The van der Waals surface area contributed by atoms with Crippen LogP contribution >= 0.6 is 0 Å². The van der Waals surface area contributed by atoms with Gasteiger partial charge in [-0.05, 0) is 6.07 Å². The van der Waals surface area contributed by atoms with E-state index < -0.39 is 13.0 Å². The molecule has 1 aromatic heterocycles. The molecule has 0 atom stereocenters. The van der Waals surface area contributed by atoms with Crippen molar-refractivity contribution in [2.24, 2.45) is 5.92 Å². The maximum atomic E-state index is 12.5. The minimum absolute atomic E-state index is 0.126. The summed E-state index contributed by atoms with van der Waals surface area (Å²) >= 11 is 0. The van der Waals surface area contributed by atoms with Crippen LogP contribution in [0.2, 0.25) is 0 Å². The van der Waals surface area contributed by atoms with Gasteiger partial charge in [-0.3, -0.25) is 9.48 Å². The van der Waals surface area contributed by atoms with Crippen LogP contribution < -0.4 is 0 Å². The molecule has 0 fully saturated rings. The van der Waals surface area contributed by atoms with Crippen LogP contribution in [0.4, 0.5) is 8.78 Å². The van der Waals surface area contributed by atoms with Crippen molar-refractivity contribution in [3.05, 3.63) is 30.0 Å².